The third kappa shape index (κ3) is 3.85. The molecular formula is C11H17ClN2OS. The monoisotopic (exact) mass is 260 g/mol. The highest BCUT2D eigenvalue weighted by molar-refractivity contribution is 7.84. The molecule has 1 fully saturated rings. The Bertz CT molecular complexity index is 328. The van der Waals surface area contributed by atoms with Gasteiger partial charge in [-0.15, -0.1) is 12.4 Å². The molecule has 0 aromatic carbocycles. The van der Waals surface area contributed by atoms with Gasteiger partial charge >= 0.3 is 0 Å². The first-order valence-electron chi connectivity index (χ1n) is 5.36. The van der Waals surface area contributed by atoms with Gasteiger partial charge in [-0.1, -0.05) is 6.07 Å². The van der Waals surface area contributed by atoms with E-state index in [4.69, 9.17) is 0 Å². The zero-order valence-electron chi connectivity index (χ0n) is 9.09. The van der Waals surface area contributed by atoms with E-state index in [1.54, 1.807) is 6.20 Å². The molecule has 2 heterocycles. The fraction of sp³-hybridized carbons (Fsp3) is 0.545. The van der Waals surface area contributed by atoms with Gasteiger partial charge in [0.25, 0.3) is 0 Å². The van der Waals surface area contributed by atoms with Crippen molar-refractivity contribution in [1.82, 2.24) is 10.3 Å². The first-order chi connectivity index (χ1) is 7.36. The van der Waals surface area contributed by atoms with Crippen LogP contribution >= 0.6 is 12.4 Å². The summed E-state index contributed by atoms with van der Waals surface area (Å²) in [5, 5.41) is 4.05. The standard InChI is InChI=1S/C11H16N2OS.ClH/c14-15(11-5-1-2-7-13-11)9-10-4-3-6-12-8-10;/h1-2,5,7,10,12H,3-4,6,8-9H2;1H. The van der Waals surface area contributed by atoms with Gasteiger partial charge in [0.15, 0.2) is 0 Å². The lowest BCUT2D eigenvalue weighted by Gasteiger charge is -2.21. The third-order valence-electron chi connectivity index (χ3n) is 2.66. The summed E-state index contributed by atoms with van der Waals surface area (Å²) in [5.74, 6) is 1.28. The molecule has 90 valence electrons. The van der Waals surface area contributed by atoms with Crippen molar-refractivity contribution < 1.29 is 4.21 Å². The number of hydrogen-bond acceptors (Lipinski definition) is 3. The van der Waals surface area contributed by atoms with Crippen molar-refractivity contribution in [1.29, 1.82) is 0 Å². The van der Waals surface area contributed by atoms with Crippen LogP contribution in [0.15, 0.2) is 29.4 Å². The summed E-state index contributed by atoms with van der Waals surface area (Å²) in [5.41, 5.74) is 0. The van der Waals surface area contributed by atoms with Gasteiger partial charge in [0, 0.05) is 11.9 Å². The van der Waals surface area contributed by atoms with Crippen molar-refractivity contribution in [2.75, 3.05) is 18.8 Å². The van der Waals surface area contributed by atoms with E-state index in [0.29, 0.717) is 10.9 Å². The average molecular weight is 261 g/mol. The molecule has 1 aromatic rings. The Morgan fingerprint density at radius 1 is 1.50 bits per heavy atom. The summed E-state index contributed by atoms with van der Waals surface area (Å²) in [6.45, 7) is 2.10. The summed E-state index contributed by atoms with van der Waals surface area (Å²) >= 11 is 0. The van der Waals surface area contributed by atoms with E-state index < -0.39 is 10.8 Å². The molecule has 1 saturated heterocycles. The molecule has 0 aliphatic carbocycles. The smallest absolute Gasteiger partial charge is 0.127 e. The van der Waals surface area contributed by atoms with Crippen LogP contribution in [0.4, 0.5) is 0 Å². The highest BCUT2D eigenvalue weighted by Crippen LogP contribution is 2.14. The summed E-state index contributed by atoms with van der Waals surface area (Å²) in [7, 11) is -0.932. The topological polar surface area (TPSA) is 42.0 Å². The molecule has 0 spiro atoms. The van der Waals surface area contributed by atoms with E-state index in [1.165, 1.54) is 12.8 Å². The first kappa shape index (κ1) is 13.6. The van der Waals surface area contributed by atoms with Crippen molar-refractivity contribution >= 4 is 23.2 Å². The van der Waals surface area contributed by atoms with Gasteiger partial charge in [0.2, 0.25) is 0 Å². The minimum atomic E-state index is -0.932. The maximum Gasteiger partial charge on any atom is 0.127 e. The van der Waals surface area contributed by atoms with Crippen LogP contribution in [0.25, 0.3) is 0 Å². The second kappa shape index (κ2) is 6.99. The van der Waals surface area contributed by atoms with Gasteiger partial charge in [-0.3, -0.25) is 4.21 Å². The number of piperidine rings is 1. The van der Waals surface area contributed by atoms with E-state index in [1.807, 2.05) is 18.2 Å². The Morgan fingerprint density at radius 3 is 3.00 bits per heavy atom. The SMILES string of the molecule is Cl.O=S(CC1CCCNC1)c1ccccn1. The van der Waals surface area contributed by atoms with Gasteiger partial charge in [0.1, 0.15) is 5.03 Å². The molecule has 3 nitrogen and oxygen atoms in total. The summed E-state index contributed by atoms with van der Waals surface area (Å²) in [6.07, 6.45) is 4.09. The molecule has 1 aliphatic rings. The van der Waals surface area contributed by atoms with Crippen molar-refractivity contribution in [2.45, 2.75) is 17.9 Å². The highest BCUT2D eigenvalue weighted by atomic mass is 35.5. The number of nitrogens with zero attached hydrogens (tertiary/aromatic N) is 1. The molecule has 1 aliphatic heterocycles. The van der Waals surface area contributed by atoms with E-state index in [9.17, 15) is 4.21 Å². The predicted molar refractivity (Wildman–Crippen MR) is 68.4 cm³/mol. The van der Waals surface area contributed by atoms with E-state index in [2.05, 4.69) is 10.3 Å². The number of pyridine rings is 1. The van der Waals surface area contributed by atoms with Crippen molar-refractivity contribution in [2.24, 2.45) is 5.92 Å². The number of halogens is 1. The fourth-order valence-electron chi connectivity index (χ4n) is 1.85. The van der Waals surface area contributed by atoms with Crippen LogP contribution in [-0.2, 0) is 10.8 Å². The molecule has 2 rings (SSSR count). The van der Waals surface area contributed by atoms with Crippen molar-refractivity contribution in [3.8, 4) is 0 Å². The maximum absolute atomic E-state index is 11.9. The molecule has 2 unspecified atom stereocenters. The van der Waals surface area contributed by atoms with Crippen molar-refractivity contribution in [3.63, 3.8) is 0 Å². The van der Waals surface area contributed by atoms with Crippen LogP contribution in [0, 0.1) is 5.92 Å². The predicted octanol–water partition coefficient (Wildman–Crippen LogP) is 1.61. The molecule has 1 N–H and O–H groups in total. The van der Waals surface area contributed by atoms with Crippen LogP contribution in [0.2, 0.25) is 0 Å². The average Bonchev–Trinajstić information content (AvgIpc) is 2.31. The summed E-state index contributed by atoms with van der Waals surface area (Å²) < 4.78 is 11.9. The zero-order chi connectivity index (χ0) is 10.5. The third-order valence-corrected chi connectivity index (χ3v) is 4.14. The van der Waals surface area contributed by atoms with E-state index in [0.717, 1.165) is 18.8 Å². The lowest BCUT2D eigenvalue weighted by atomic mass is 10.0. The molecule has 2 atom stereocenters. The Labute approximate surface area is 105 Å². The lowest BCUT2D eigenvalue weighted by Crippen LogP contribution is -2.32. The summed E-state index contributed by atoms with van der Waals surface area (Å²) in [6, 6.07) is 5.58. The molecule has 16 heavy (non-hydrogen) atoms. The largest absolute Gasteiger partial charge is 0.316 e. The lowest BCUT2D eigenvalue weighted by molar-refractivity contribution is 0.408. The maximum atomic E-state index is 11.9. The molecule has 5 heteroatoms. The molecule has 0 amide bonds. The minimum Gasteiger partial charge on any atom is -0.316 e. The first-order valence-corrected chi connectivity index (χ1v) is 6.68. The van der Waals surface area contributed by atoms with Gasteiger partial charge in [-0.25, -0.2) is 4.98 Å². The minimum absolute atomic E-state index is 0. The summed E-state index contributed by atoms with van der Waals surface area (Å²) in [4.78, 5) is 4.12. The second-order valence-electron chi connectivity index (χ2n) is 3.89. The number of aromatic nitrogens is 1. The molecular weight excluding hydrogens is 244 g/mol. The van der Waals surface area contributed by atoms with Crippen LogP contribution in [0.1, 0.15) is 12.8 Å². The molecule has 1 aromatic heterocycles. The second-order valence-corrected chi connectivity index (χ2v) is 5.34. The number of nitrogens with one attached hydrogen (secondary N) is 1. The normalized spacial score (nSPS) is 22.1. The Morgan fingerprint density at radius 2 is 2.38 bits per heavy atom. The van der Waals surface area contributed by atoms with Crippen LogP contribution in [0.3, 0.4) is 0 Å². The van der Waals surface area contributed by atoms with Crippen LogP contribution < -0.4 is 5.32 Å². The quantitative estimate of drug-likeness (QED) is 0.898. The Balaban J connectivity index is 0.00000128. The number of hydrogen-bond donors (Lipinski definition) is 1. The van der Waals surface area contributed by atoms with E-state index in [-0.39, 0.29) is 12.4 Å². The van der Waals surface area contributed by atoms with Crippen molar-refractivity contribution in [3.05, 3.63) is 24.4 Å². The number of rotatable bonds is 3. The zero-order valence-corrected chi connectivity index (χ0v) is 10.7. The van der Waals surface area contributed by atoms with Gasteiger partial charge in [0.05, 0.1) is 10.8 Å². The molecule has 0 saturated carbocycles. The Kier molecular flexibility index (Phi) is 5.95. The van der Waals surface area contributed by atoms with Gasteiger partial charge in [-0.2, -0.15) is 0 Å². The van der Waals surface area contributed by atoms with Crippen LogP contribution in [-0.4, -0.2) is 28.0 Å². The van der Waals surface area contributed by atoms with Gasteiger partial charge in [-0.05, 0) is 44.0 Å². The van der Waals surface area contributed by atoms with E-state index >= 15 is 0 Å². The fourth-order valence-corrected chi connectivity index (χ4v) is 3.14. The van der Waals surface area contributed by atoms with Crippen LogP contribution in [0.5, 0.6) is 0 Å². The van der Waals surface area contributed by atoms with Gasteiger partial charge < -0.3 is 5.32 Å². The Hall–Kier alpha value is -0.450. The highest BCUT2D eigenvalue weighted by Gasteiger charge is 2.17. The molecule has 0 radical (unpaired) electrons. The molecule has 0 bridgehead atoms.